The third kappa shape index (κ3) is 2.42. The Labute approximate surface area is 86.0 Å². The van der Waals surface area contributed by atoms with Gasteiger partial charge >= 0.3 is 0 Å². The van der Waals surface area contributed by atoms with E-state index in [4.69, 9.17) is 0 Å². The quantitative estimate of drug-likeness (QED) is 0.732. The minimum atomic E-state index is -0.194. The number of hydrogen-bond donors (Lipinski definition) is 0. The van der Waals surface area contributed by atoms with Crippen LogP contribution in [0, 0.1) is 5.82 Å². The maximum absolute atomic E-state index is 12.8. The predicted molar refractivity (Wildman–Crippen MR) is 58.5 cm³/mol. The second kappa shape index (κ2) is 4.37. The van der Waals surface area contributed by atoms with Crippen LogP contribution in [0.25, 0.3) is 0 Å². The van der Waals surface area contributed by atoms with Crippen molar-refractivity contribution in [3.05, 3.63) is 35.6 Å². The van der Waals surface area contributed by atoms with E-state index in [0.29, 0.717) is 12.3 Å². The summed E-state index contributed by atoms with van der Waals surface area (Å²) >= 11 is 1.53. The first-order valence-corrected chi connectivity index (χ1v) is 5.27. The number of nitrogens with zero attached hydrogens (tertiary/aromatic N) is 2. The summed E-state index contributed by atoms with van der Waals surface area (Å²) in [7, 11) is 0. The summed E-state index contributed by atoms with van der Waals surface area (Å²) in [5.41, 5.74) is 0.958. The number of benzene rings is 1. The van der Waals surface area contributed by atoms with E-state index in [2.05, 4.69) is 9.98 Å². The number of hydrogen-bond acceptors (Lipinski definition) is 3. The van der Waals surface area contributed by atoms with Crippen LogP contribution in [-0.2, 0) is 5.75 Å². The summed E-state index contributed by atoms with van der Waals surface area (Å²) < 4.78 is 12.8. The normalized spacial score (nSPS) is 14.5. The Hall–Kier alpha value is -1.16. The molecule has 72 valence electrons. The first-order chi connectivity index (χ1) is 6.84. The Balaban J connectivity index is 1.94. The highest BCUT2D eigenvalue weighted by molar-refractivity contribution is 8.13. The highest BCUT2D eigenvalue weighted by Crippen LogP contribution is 2.16. The van der Waals surface area contributed by atoms with E-state index in [1.54, 1.807) is 12.3 Å². The summed E-state index contributed by atoms with van der Waals surface area (Å²) in [5.74, 6) is 0.522. The van der Waals surface area contributed by atoms with Crippen LogP contribution in [-0.4, -0.2) is 17.9 Å². The monoisotopic (exact) mass is 208 g/mol. The molecule has 1 aromatic carbocycles. The van der Waals surface area contributed by atoms with Crippen molar-refractivity contribution < 1.29 is 4.39 Å². The molecule has 1 aromatic rings. The van der Waals surface area contributed by atoms with Crippen molar-refractivity contribution >= 4 is 23.1 Å². The van der Waals surface area contributed by atoms with Gasteiger partial charge in [0.05, 0.1) is 6.54 Å². The summed E-state index contributed by atoms with van der Waals surface area (Å²) in [6.45, 7) is 0.672. The van der Waals surface area contributed by atoms with Crippen LogP contribution in [0.3, 0.4) is 0 Å². The van der Waals surface area contributed by atoms with E-state index >= 15 is 0 Å². The zero-order valence-electron chi connectivity index (χ0n) is 7.48. The lowest BCUT2D eigenvalue weighted by atomic mass is 10.2. The second-order valence-electron chi connectivity index (χ2n) is 2.85. The lowest BCUT2D eigenvalue weighted by Gasteiger charge is -1.99. The standard InChI is InChI=1S/C10H9FN2S/c11-9-3-1-2-8(6-9)7-14-10-12-4-5-13-10/h1-4,6H,5,7H2. The van der Waals surface area contributed by atoms with Gasteiger partial charge < -0.3 is 0 Å². The molecule has 0 aromatic heterocycles. The molecular weight excluding hydrogens is 199 g/mol. The van der Waals surface area contributed by atoms with E-state index < -0.39 is 0 Å². The van der Waals surface area contributed by atoms with Gasteiger partial charge in [0.15, 0.2) is 5.17 Å². The zero-order valence-corrected chi connectivity index (χ0v) is 8.30. The van der Waals surface area contributed by atoms with Crippen LogP contribution in [0.5, 0.6) is 0 Å². The fraction of sp³-hybridized carbons (Fsp3) is 0.200. The van der Waals surface area contributed by atoms with E-state index in [9.17, 15) is 4.39 Å². The molecule has 0 radical (unpaired) electrons. The van der Waals surface area contributed by atoms with Crippen LogP contribution < -0.4 is 0 Å². The Morgan fingerprint density at radius 1 is 1.43 bits per heavy atom. The van der Waals surface area contributed by atoms with Crippen LogP contribution in [0.1, 0.15) is 5.56 Å². The zero-order chi connectivity index (χ0) is 9.80. The molecular formula is C10H9FN2S. The molecule has 0 fully saturated rings. The molecule has 0 saturated carbocycles. The van der Waals surface area contributed by atoms with Crippen molar-refractivity contribution in [1.29, 1.82) is 0 Å². The summed E-state index contributed by atoms with van der Waals surface area (Å²) in [6.07, 6.45) is 1.77. The molecule has 0 unspecified atom stereocenters. The van der Waals surface area contributed by atoms with Crippen molar-refractivity contribution in [2.24, 2.45) is 9.98 Å². The Bertz CT molecular complexity index is 387. The van der Waals surface area contributed by atoms with Crippen molar-refractivity contribution in [3.63, 3.8) is 0 Å². The van der Waals surface area contributed by atoms with Gasteiger partial charge in [0.1, 0.15) is 5.82 Å². The number of halogens is 1. The van der Waals surface area contributed by atoms with E-state index in [0.717, 1.165) is 10.7 Å². The highest BCUT2D eigenvalue weighted by atomic mass is 32.2. The summed E-state index contributed by atoms with van der Waals surface area (Å²) in [4.78, 5) is 8.20. The topological polar surface area (TPSA) is 24.7 Å². The maximum atomic E-state index is 12.8. The molecule has 0 bridgehead atoms. The largest absolute Gasteiger partial charge is 0.255 e. The van der Waals surface area contributed by atoms with E-state index in [1.165, 1.54) is 23.9 Å². The van der Waals surface area contributed by atoms with Crippen LogP contribution in [0.2, 0.25) is 0 Å². The van der Waals surface area contributed by atoms with Crippen molar-refractivity contribution in [2.75, 3.05) is 6.54 Å². The molecule has 1 aliphatic rings. The lowest BCUT2D eigenvalue weighted by molar-refractivity contribution is 0.626. The first-order valence-electron chi connectivity index (χ1n) is 4.29. The third-order valence-electron chi connectivity index (χ3n) is 1.77. The van der Waals surface area contributed by atoms with Crippen molar-refractivity contribution in [2.45, 2.75) is 5.75 Å². The molecule has 0 aliphatic carbocycles. The van der Waals surface area contributed by atoms with Gasteiger partial charge in [-0.25, -0.2) is 9.38 Å². The fourth-order valence-electron chi connectivity index (χ4n) is 1.14. The lowest BCUT2D eigenvalue weighted by Crippen LogP contribution is -1.87. The Morgan fingerprint density at radius 3 is 3.07 bits per heavy atom. The smallest absolute Gasteiger partial charge is 0.183 e. The van der Waals surface area contributed by atoms with Crippen LogP contribution >= 0.6 is 11.8 Å². The molecule has 4 heteroatoms. The molecule has 0 atom stereocenters. The van der Waals surface area contributed by atoms with Gasteiger partial charge in [-0.15, -0.1) is 0 Å². The van der Waals surface area contributed by atoms with E-state index in [-0.39, 0.29) is 5.82 Å². The van der Waals surface area contributed by atoms with Gasteiger partial charge in [-0.3, -0.25) is 4.99 Å². The minimum absolute atomic E-state index is 0.194. The van der Waals surface area contributed by atoms with Gasteiger partial charge in [0.25, 0.3) is 0 Å². The number of rotatable bonds is 2. The van der Waals surface area contributed by atoms with E-state index in [1.807, 2.05) is 6.07 Å². The molecule has 0 amide bonds. The number of thioether (sulfide) groups is 1. The van der Waals surface area contributed by atoms with Crippen LogP contribution in [0.15, 0.2) is 34.3 Å². The molecule has 0 saturated heterocycles. The molecule has 14 heavy (non-hydrogen) atoms. The summed E-state index contributed by atoms with van der Waals surface area (Å²) in [6, 6.07) is 6.59. The first kappa shape index (κ1) is 9.40. The van der Waals surface area contributed by atoms with Crippen LogP contribution in [0.4, 0.5) is 4.39 Å². The van der Waals surface area contributed by atoms with Gasteiger partial charge in [-0.2, -0.15) is 0 Å². The highest BCUT2D eigenvalue weighted by Gasteiger charge is 2.02. The maximum Gasteiger partial charge on any atom is 0.183 e. The molecule has 0 N–H and O–H groups in total. The Morgan fingerprint density at radius 2 is 2.36 bits per heavy atom. The second-order valence-corrected chi connectivity index (χ2v) is 3.80. The van der Waals surface area contributed by atoms with Gasteiger partial charge in [0, 0.05) is 12.0 Å². The van der Waals surface area contributed by atoms with Crippen molar-refractivity contribution in [1.82, 2.24) is 0 Å². The molecule has 2 rings (SSSR count). The third-order valence-corrected chi connectivity index (χ3v) is 2.74. The number of amidine groups is 1. The van der Waals surface area contributed by atoms with Crippen molar-refractivity contribution in [3.8, 4) is 0 Å². The minimum Gasteiger partial charge on any atom is -0.255 e. The van der Waals surface area contributed by atoms with Gasteiger partial charge in [-0.05, 0) is 17.7 Å². The molecule has 1 heterocycles. The Kier molecular flexibility index (Phi) is 2.93. The van der Waals surface area contributed by atoms with Gasteiger partial charge in [-0.1, -0.05) is 23.9 Å². The molecule has 2 nitrogen and oxygen atoms in total. The average Bonchev–Trinajstić information content (AvgIpc) is 2.67. The van der Waals surface area contributed by atoms with Gasteiger partial charge in [0.2, 0.25) is 0 Å². The summed E-state index contributed by atoms with van der Waals surface area (Å²) in [5, 5.41) is 0.786. The molecule has 0 spiro atoms. The SMILES string of the molecule is Fc1cccc(CSC2=NCC=N2)c1. The predicted octanol–water partition coefficient (Wildman–Crippen LogP) is 2.50. The number of aliphatic imine (C=N–C) groups is 2. The molecule has 1 aliphatic heterocycles. The fourth-order valence-corrected chi connectivity index (χ4v) is 1.93. The average molecular weight is 208 g/mol.